The predicted octanol–water partition coefficient (Wildman–Crippen LogP) is 2.25. The molecule has 0 atom stereocenters. The molecular formula is C14H21BO3. The summed E-state index contributed by atoms with van der Waals surface area (Å²) < 4.78 is 11.9. The Morgan fingerprint density at radius 1 is 1.06 bits per heavy atom. The van der Waals surface area contributed by atoms with Crippen LogP contribution < -0.4 is 5.46 Å². The van der Waals surface area contributed by atoms with E-state index in [2.05, 4.69) is 6.92 Å². The zero-order valence-electron chi connectivity index (χ0n) is 11.8. The van der Waals surface area contributed by atoms with Gasteiger partial charge in [-0.05, 0) is 57.3 Å². The van der Waals surface area contributed by atoms with Gasteiger partial charge in [0.15, 0.2) is 0 Å². The first-order valence-corrected chi connectivity index (χ1v) is 6.43. The van der Waals surface area contributed by atoms with E-state index in [-0.39, 0.29) is 17.0 Å². The highest BCUT2D eigenvalue weighted by molar-refractivity contribution is 6.62. The number of rotatable bonds is 2. The summed E-state index contributed by atoms with van der Waals surface area (Å²) in [5.41, 5.74) is 1.26. The minimum Gasteiger partial charge on any atom is -0.508 e. The Hall–Kier alpha value is -0.995. The Balaban J connectivity index is 2.32. The molecule has 1 aliphatic rings. The Labute approximate surface area is 109 Å². The topological polar surface area (TPSA) is 38.7 Å². The van der Waals surface area contributed by atoms with Gasteiger partial charge in [0.2, 0.25) is 0 Å². The first kappa shape index (κ1) is 13.4. The summed E-state index contributed by atoms with van der Waals surface area (Å²) in [7, 11) is -0.410. The zero-order chi connectivity index (χ0) is 13.6. The predicted molar refractivity (Wildman–Crippen MR) is 73.2 cm³/mol. The summed E-state index contributed by atoms with van der Waals surface area (Å²) in [4.78, 5) is 0. The summed E-state index contributed by atoms with van der Waals surface area (Å²) in [5, 5.41) is 9.73. The third-order valence-corrected chi connectivity index (χ3v) is 3.93. The molecule has 0 aliphatic carbocycles. The molecule has 0 amide bonds. The molecule has 1 heterocycles. The zero-order valence-corrected chi connectivity index (χ0v) is 11.8. The third-order valence-electron chi connectivity index (χ3n) is 3.93. The number of phenols is 1. The van der Waals surface area contributed by atoms with Crippen molar-refractivity contribution >= 4 is 12.6 Å². The van der Waals surface area contributed by atoms with Gasteiger partial charge in [-0.1, -0.05) is 13.0 Å². The number of benzene rings is 1. The normalized spacial score (nSPS) is 21.3. The number of phenolic OH excluding ortho intramolecular Hbond substituents is 1. The monoisotopic (exact) mass is 248 g/mol. The number of aryl methyl sites for hydroxylation is 1. The molecule has 0 aromatic heterocycles. The van der Waals surface area contributed by atoms with Crippen LogP contribution in [-0.2, 0) is 15.7 Å². The molecule has 0 saturated carbocycles. The fourth-order valence-electron chi connectivity index (χ4n) is 2.02. The van der Waals surface area contributed by atoms with Gasteiger partial charge in [-0.15, -0.1) is 0 Å². The van der Waals surface area contributed by atoms with Crippen LogP contribution in [-0.4, -0.2) is 23.4 Å². The Morgan fingerprint density at radius 3 is 2.11 bits per heavy atom. The molecule has 1 fully saturated rings. The molecule has 0 unspecified atom stereocenters. The average Bonchev–Trinajstić information content (AvgIpc) is 2.47. The van der Waals surface area contributed by atoms with E-state index in [4.69, 9.17) is 9.31 Å². The second kappa shape index (κ2) is 4.28. The molecule has 1 saturated heterocycles. The molecule has 1 aliphatic heterocycles. The first-order valence-electron chi connectivity index (χ1n) is 6.43. The van der Waals surface area contributed by atoms with E-state index >= 15 is 0 Å². The van der Waals surface area contributed by atoms with Crippen molar-refractivity contribution in [3.05, 3.63) is 23.8 Å². The van der Waals surface area contributed by atoms with E-state index in [1.807, 2.05) is 33.8 Å². The van der Waals surface area contributed by atoms with Crippen LogP contribution in [0.4, 0.5) is 0 Å². The van der Waals surface area contributed by atoms with E-state index in [1.54, 1.807) is 12.1 Å². The highest BCUT2D eigenvalue weighted by atomic mass is 16.7. The Kier molecular flexibility index (Phi) is 3.20. The van der Waals surface area contributed by atoms with Gasteiger partial charge in [0, 0.05) is 0 Å². The average molecular weight is 248 g/mol. The van der Waals surface area contributed by atoms with Gasteiger partial charge in [-0.3, -0.25) is 0 Å². The highest BCUT2D eigenvalue weighted by Gasteiger charge is 2.51. The second-order valence-corrected chi connectivity index (χ2v) is 5.87. The lowest BCUT2D eigenvalue weighted by atomic mass is 9.78. The molecule has 3 nitrogen and oxygen atoms in total. The van der Waals surface area contributed by atoms with Crippen LogP contribution in [0, 0.1) is 0 Å². The molecule has 0 radical (unpaired) electrons. The van der Waals surface area contributed by atoms with Gasteiger partial charge in [0.25, 0.3) is 0 Å². The van der Waals surface area contributed by atoms with Crippen LogP contribution in [0.1, 0.15) is 40.2 Å². The fraction of sp³-hybridized carbons (Fsp3) is 0.571. The van der Waals surface area contributed by atoms with E-state index < -0.39 is 7.12 Å². The maximum absolute atomic E-state index is 9.73. The smallest absolute Gasteiger partial charge is 0.494 e. The maximum atomic E-state index is 9.73. The van der Waals surface area contributed by atoms with E-state index in [1.165, 1.54) is 0 Å². The highest BCUT2D eigenvalue weighted by Crippen LogP contribution is 2.36. The van der Waals surface area contributed by atoms with Crippen LogP contribution in [0.5, 0.6) is 5.75 Å². The van der Waals surface area contributed by atoms with Gasteiger partial charge in [0.05, 0.1) is 11.2 Å². The van der Waals surface area contributed by atoms with Crippen LogP contribution in [0.3, 0.4) is 0 Å². The van der Waals surface area contributed by atoms with Crippen molar-refractivity contribution in [2.24, 2.45) is 0 Å². The summed E-state index contributed by atoms with van der Waals surface area (Å²) in [5.74, 6) is 0.263. The Bertz CT molecular complexity index is 438. The molecule has 0 spiro atoms. The SMILES string of the molecule is CCc1cc(O)cc(B2OC(C)(C)C(C)(C)O2)c1. The van der Waals surface area contributed by atoms with Gasteiger partial charge in [-0.25, -0.2) is 0 Å². The largest absolute Gasteiger partial charge is 0.508 e. The molecule has 1 aromatic rings. The molecule has 98 valence electrons. The molecule has 1 N–H and O–H groups in total. The van der Waals surface area contributed by atoms with E-state index in [9.17, 15) is 5.11 Å². The van der Waals surface area contributed by atoms with Crippen molar-refractivity contribution < 1.29 is 14.4 Å². The summed E-state index contributed by atoms with van der Waals surface area (Å²) in [6.45, 7) is 10.2. The quantitative estimate of drug-likeness (QED) is 0.816. The van der Waals surface area contributed by atoms with Crippen molar-refractivity contribution in [2.45, 2.75) is 52.2 Å². The third kappa shape index (κ3) is 2.27. The molecule has 18 heavy (non-hydrogen) atoms. The van der Waals surface area contributed by atoms with Gasteiger partial charge in [0.1, 0.15) is 5.75 Å². The number of hydrogen-bond acceptors (Lipinski definition) is 3. The van der Waals surface area contributed by atoms with Crippen LogP contribution in [0.15, 0.2) is 18.2 Å². The Morgan fingerprint density at radius 2 is 1.61 bits per heavy atom. The maximum Gasteiger partial charge on any atom is 0.494 e. The first-order chi connectivity index (χ1) is 8.25. The van der Waals surface area contributed by atoms with Gasteiger partial charge < -0.3 is 14.4 Å². The lowest BCUT2D eigenvalue weighted by molar-refractivity contribution is 0.00578. The van der Waals surface area contributed by atoms with Crippen molar-refractivity contribution in [3.8, 4) is 5.75 Å². The van der Waals surface area contributed by atoms with Gasteiger partial charge >= 0.3 is 7.12 Å². The van der Waals surface area contributed by atoms with Gasteiger partial charge in [-0.2, -0.15) is 0 Å². The van der Waals surface area contributed by atoms with Crippen molar-refractivity contribution in [2.75, 3.05) is 0 Å². The molecule has 1 aromatic carbocycles. The minimum absolute atomic E-state index is 0.263. The lowest BCUT2D eigenvalue weighted by Crippen LogP contribution is -2.41. The van der Waals surface area contributed by atoms with Crippen LogP contribution >= 0.6 is 0 Å². The molecule has 4 heteroatoms. The van der Waals surface area contributed by atoms with Crippen LogP contribution in [0.25, 0.3) is 0 Å². The molecular weight excluding hydrogens is 227 g/mol. The van der Waals surface area contributed by atoms with Crippen LogP contribution in [0.2, 0.25) is 0 Å². The number of aromatic hydroxyl groups is 1. The standard InChI is InChI=1S/C14H21BO3/c1-6-10-7-11(9-12(16)8-10)15-17-13(2,3)14(4,5)18-15/h7-9,16H,6H2,1-5H3. The lowest BCUT2D eigenvalue weighted by Gasteiger charge is -2.32. The molecule has 2 rings (SSSR count). The molecule has 0 bridgehead atoms. The van der Waals surface area contributed by atoms with Crippen molar-refractivity contribution in [1.82, 2.24) is 0 Å². The summed E-state index contributed by atoms with van der Waals surface area (Å²) >= 11 is 0. The minimum atomic E-state index is -0.410. The number of hydrogen-bond donors (Lipinski definition) is 1. The second-order valence-electron chi connectivity index (χ2n) is 5.87. The summed E-state index contributed by atoms with van der Waals surface area (Å²) in [6, 6.07) is 5.51. The van der Waals surface area contributed by atoms with Crippen molar-refractivity contribution in [3.63, 3.8) is 0 Å². The van der Waals surface area contributed by atoms with E-state index in [0.29, 0.717) is 0 Å². The summed E-state index contributed by atoms with van der Waals surface area (Å²) in [6.07, 6.45) is 0.876. The van der Waals surface area contributed by atoms with Crippen molar-refractivity contribution in [1.29, 1.82) is 0 Å². The fourth-order valence-corrected chi connectivity index (χ4v) is 2.02. The van der Waals surface area contributed by atoms with E-state index in [0.717, 1.165) is 17.4 Å².